The third-order valence-corrected chi connectivity index (χ3v) is 3.80. The van der Waals surface area contributed by atoms with Crippen LogP contribution in [0.4, 0.5) is 11.5 Å². The lowest BCUT2D eigenvalue weighted by molar-refractivity contribution is -0.385. The first-order valence-electron chi connectivity index (χ1n) is 6.25. The molecule has 2 heterocycles. The number of nitrogens with one attached hydrogen (secondary N) is 1. The lowest BCUT2D eigenvalue weighted by Crippen LogP contribution is -2.27. The Labute approximate surface area is 139 Å². The Kier molecular flexibility index (Phi) is 4.97. The van der Waals surface area contributed by atoms with Gasteiger partial charge in [-0.2, -0.15) is 0 Å². The Hall–Kier alpha value is -2.45. The molecule has 0 fully saturated rings. The minimum atomic E-state index is -0.658. The number of pyridine rings is 2. The predicted molar refractivity (Wildman–Crippen MR) is 85.0 cm³/mol. The minimum Gasteiger partial charge on any atom is -0.308 e. The van der Waals surface area contributed by atoms with Gasteiger partial charge < -0.3 is 5.32 Å². The Balaban J connectivity index is 2.21. The molecule has 0 bridgehead atoms. The fourth-order valence-corrected chi connectivity index (χ4v) is 2.11. The van der Waals surface area contributed by atoms with Crippen LogP contribution >= 0.6 is 23.2 Å². The van der Waals surface area contributed by atoms with Crippen molar-refractivity contribution in [2.75, 3.05) is 5.32 Å². The molecule has 1 amide bonds. The van der Waals surface area contributed by atoms with Gasteiger partial charge in [-0.3, -0.25) is 24.3 Å². The van der Waals surface area contributed by atoms with E-state index in [1.165, 1.54) is 6.20 Å². The van der Waals surface area contributed by atoms with Crippen LogP contribution < -0.4 is 10.9 Å². The van der Waals surface area contributed by atoms with Gasteiger partial charge in [-0.05, 0) is 12.5 Å². The van der Waals surface area contributed by atoms with Gasteiger partial charge in [0.05, 0.1) is 21.2 Å². The molecule has 2 rings (SSSR count). The molecule has 2 aromatic heterocycles. The van der Waals surface area contributed by atoms with E-state index in [0.717, 1.165) is 22.9 Å². The molecule has 2 aromatic rings. The molecule has 120 valence electrons. The first-order valence-corrected chi connectivity index (χ1v) is 7.00. The monoisotopic (exact) mass is 356 g/mol. The molecule has 0 atom stereocenters. The van der Waals surface area contributed by atoms with E-state index in [4.69, 9.17) is 23.2 Å². The van der Waals surface area contributed by atoms with Crippen LogP contribution in [-0.2, 0) is 11.3 Å². The maximum absolute atomic E-state index is 12.0. The van der Waals surface area contributed by atoms with Gasteiger partial charge in [0, 0.05) is 18.3 Å². The lowest BCUT2D eigenvalue weighted by Gasteiger charge is -2.10. The van der Waals surface area contributed by atoms with Crippen molar-refractivity contribution >= 4 is 40.6 Å². The molecule has 0 saturated heterocycles. The van der Waals surface area contributed by atoms with Crippen molar-refractivity contribution in [3.8, 4) is 0 Å². The number of carbonyl (C=O) groups is 1. The summed E-state index contributed by atoms with van der Waals surface area (Å²) < 4.78 is 0.921. The number of nitro groups is 1. The van der Waals surface area contributed by atoms with Gasteiger partial charge in [-0.1, -0.05) is 23.2 Å². The maximum Gasteiger partial charge on any atom is 0.285 e. The maximum atomic E-state index is 12.0. The SMILES string of the molecule is Cc1c(Cl)cnc(NC(=O)Cn2cc([N+](=O)[O-])ccc2=O)c1Cl. The molecule has 8 nitrogen and oxygen atoms in total. The molecule has 1 N–H and O–H groups in total. The Morgan fingerprint density at radius 3 is 2.78 bits per heavy atom. The van der Waals surface area contributed by atoms with Gasteiger partial charge in [0.15, 0.2) is 5.82 Å². The van der Waals surface area contributed by atoms with Gasteiger partial charge in [-0.15, -0.1) is 0 Å². The summed E-state index contributed by atoms with van der Waals surface area (Å²) in [4.78, 5) is 37.6. The van der Waals surface area contributed by atoms with E-state index >= 15 is 0 Å². The highest BCUT2D eigenvalue weighted by molar-refractivity contribution is 6.37. The molecule has 10 heteroatoms. The molecular formula is C13H10Cl2N4O4. The van der Waals surface area contributed by atoms with E-state index in [-0.39, 0.29) is 16.5 Å². The number of hydrogen-bond donors (Lipinski definition) is 1. The highest BCUT2D eigenvalue weighted by Gasteiger charge is 2.14. The van der Waals surface area contributed by atoms with Gasteiger partial charge in [-0.25, -0.2) is 4.98 Å². The van der Waals surface area contributed by atoms with Crippen LogP contribution in [0.25, 0.3) is 0 Å². The fraction of sp³-hybridized carbons (Fsp3) is 0.154. The zero-order valence-corrected chi connectivity index (χ0v) is 13.3. The topological polar surface area (TPSA) is 107 Å². The summed E-state index contributed by atoms with van der Waals surface area (Å²) >= 11 is 11.9. The number of nitrogens with zero attached hydrogens (tertiary/aromatic N) is 3. The van der Waals surface area contributed by atoms with Crippen molar-refractivity contribution in [2.24, 2.45) is 0 Å². The van der Waals surface area contributed by atoms with Crippen molar-refractivity contribution in [3.63, 3.8) is 0 Å². The summed E-state index contributed by atoms with van der Waals surface area (Å²) in [6, 6.07) is 2.08. The molecule has 0 aliphatic carbocycles. The third-order valence-electron chi connectivity index (χ3n) is 2.95. The number of amides is 1. The van der Waals surface area contributed by atoms with Crippen LogP contribution in [0.3, 0.4) is 0 Å². The number of carbonyl (C=O) groups excluding carboxylic acids is 1. The Morgan fingerprint density at radius 2 is 2.13 bits per heavy atom. The molecule has 0 unspecified atom stereocenters. The van der Waals surface area contributed by atoms with Crippen molar-refractivity contribution in [3.05, 3.63) is 60.6 Å². The van der Waals surface area contributed by atoms with Crippen LogP contribution in [0, 0.1) is 17.0 Å². The second-order valence-corrected chi connectivity index (χ2v) is 5.34. The quantitative estimate of drug-likeness (QED) is 0.668. The normalized spacial score (nSPS) is 10.4. The van der Waals surface area contributed by atoms with Crippen molar-refractivity contribution < 1.29 is 9.72 Å². The summed E-state index contributed by atoms with van der Waals surface area (Å²) in [5, 5.41) is 13.7. The molecule has 0 spiro atoms. The second kappa shape index (κ2) is 6.76. The third kappa shape index (κ3) is 3.85. The number of halogens is 2. The average molecular weight is 357 g/mol. The first-order chi connectivity index (χ1) is 10.8. The predicted octanol–water partition coefficient (Wildman–Crippen LogP) is 2.41. The van der Waals surface area contributed by atoms with Gasteiger partial charge >= 0.3 is 0 Å². The highest BCUT2D eigenvalue weighted by atomic mass is 35.5. The van der Waals surface area contributed by atoms with Crippen molar-refractivity contribution in [2.45, 2.75) is 13.5 Å². The van der Waals surface area contributed by atoms with E-state index in [9.17, 15) is 19.7 Å². The van der Waals surface area contributed by atoms with Crippen LogP contribution in [0.5, 0.6) is 0 Å². The van der Waals surface area contributed by atoms with Crippen LogP contribution in [0.1, 0.15) is 5.56 Å². The average Bonchev–Trinajstić information content (AvgIpc) is 2.50. The number of rotatable bonds is 4. The van der Waals surface area contributed by atoms with Gasteiger partial charge in [0.2, 0.25) is 5.91 Å². The molecular weight excluding hydrogens is 347 g/mol. The number of anilines is 1. The van der Waals surface area contributed by atoms with Gasteiger partial charge in [0.25, 0.3) is 11.2 Å². The molecule has 0 aromatic carbocycles. The Bertz CT molecular complexity index is 850. The lowest BCUT2D eigenvalue weighted by atomic mass is 10.3. The van der Waals surface area contributed by atoms with Crippen LogP contribution in [0.15, 0.2) is 29.3 Å². The van der Waals surface area contributed by atoms with E-state index in [2.05, 4.69) is 10.3 Å². The van der Waals surface area contributed by atoms with E-state index in [0.29, 0.717) is 10.6 Å². The summed E-state index contributed by atoms with van der Waals surface area (Å²) in [6.07, 6.45) is 2.32. The molecule has 0 aliphatic heterocycles. The van der Waals surface area contributed by atoms with Crippen molar-refractivity contribution in [1.29, 1.82) is 0 Å². The number of hydrogen-bond acceptors (Lipinski definition) is 5. The Morgan fingerprint density at radius 1 is 1.43 bits per heavy atom. The minimum absolute atomic E-state index is 0.0945. The van der Waals surface area contributed by atoms with Gasteiger partial charge in [0.1, 0.15) is 6.54 Å². The van der Waals surface area contributed by atoms with E-state index in [1.54, 1.807) is 6.92 Å². The smallest absolute Gasteiger partial charge is 0.285 e. The summed E-state index contributed by atoms with van der Waals surface area (Å²) in [6.45, 7) is 1.24. The van der Waals surface area contributed by atoms with Crippen molar-refractivity contribution in [1.82, 2.24) is 9.55 Å². The summed E-state index contributed by atoms with van der Waals surface area (Å²) in [5.41, 5.74) is -0.292. The number of aromatic nitrogens is 2. The molecule has 0 saturated carbocycles. The largest absolute Gasteiger partial charge is 0.308 e. The first kappa shape index (κ1) is 16.9. The standard InChI is InChI=1S/C13H10Cl2N4O4/c1-7-9(14)4-16-13(12(7)15)17-10(20)6-18-5-8(19(22)23)2-3-11(18)21/h2-5H,6H2,1H3,(H,16,17,20). The fourth-order valence-electron chi connectivity index (χ4n) is 1.72. The second-order valence-electron chi connectivity index (χ2n) is 4.55. The highest BCUT2D eigenvalue weighted by Crippen LogP contribution is 2.28. The molecule has 23 heavy (non-hydrogen) atoms. The zero-order valence-electron chi connectivity index (χ0n) is 11.7. The summed E-state index contributed by atoms with van der Waals surface area (Å²) in [7, 11) is 0. The molecule has 0 radical (unpaired) electrons. The summed E-state index contributed by atoms with van der Waals surface area (Å²) in [5.74, 6) is -0.513. The van der Waals surface area contributed by atoms with Crippen LogP contribution in [0.2, 0.25) is 10.0 Å². The van der Waals surface area contributed by atoms with E-state index < -0.39 is 22.9 Å². The zero-order chi connectivity index (χ0) is 17.1. The van der Waals surface area contributed by atoms with Crippen LogP contribution in [-0.4, -0.2) is 20.4 Å². The van der Waals surface area contributed by atoms with E-state index in [1.807, 2.05) is 0 Å². The molecule has 0 aliphatic rings.